The molecule has 0 rings (SSSR count). The van der Waals surface area contributed by atoms with Crippen molar-refractivity contribution in [2.75, 3.05) is 19.8 Å². The predicted molar refractivity (Wildman–Crippen MR) is 236 cm³/mol. The van der Waals surface area contributed by atoms with Crippen molar-refractivity contribution in [3.05, 3.63) is 60.8 Å². The highest BCUT2D eigenvalue weighted by molar-refractivity contribution is 7.47. The molecule has 13 heteroatoms. The lowest BCUT2D eigenvalue weighted by Gasteiger charge is -2.20. The first-order valence-electron chi connectivity index (χ1n) is 22.3. The summed E-state index contributed by atoms with van der Waals surface area (Å²) < 4.78 is 32.6. The third-order valence-electron chi connectivity index (χ3n) is 9.21. The standard InChI is InChI=1S/C46H78NO11P/c1-3-5-7-8-9-10-11-12-13-14-15-16-19-23-26-29-33-37-45(50)58-42(39-56-59(53,54)57-40-43(47)46(51)52)38-55-44(49)36-32-28-25-22-20-17-18-21-24-27-31-35-41(48)34-30-6-4-2/h12-13,17-18,22,24-25,27,31,35,42-43H,3-11,14-16,19-21,23,26,28-30,32-34,36-40,47H2,1-2H3,(H,51,52)(H,53,54)/b13-12-,18-17-,25-22-,27-24-,35-31+/t42-,43+/m1/s1. The molecule has 0 amide bonds. The number of carboxylic acids is 1. The molecule has 4 N–H and O–H groups in total. The van der Waals surface area contributed by atoms with E-state index in [1.54, 1.807) is 12.2 Å². The van der Waals surface area contributed by atoms with Crippen LogP contribution in [0, 0.1) is 0 Å². The van der Waals surface area contributed by atoms with Crippen LogP contribution in [0.15, 0.2) is 60.8 Å². The number of unbranched alkanes of at least 4 members (excludes halogenated alkanes) is 16. The summed E-state index contributed by atoms with van der Waals surface area (Å²) in [6.45, 7) is 2.56. The Bertz CT molecular complexity index is 1290. The Labute approximate surface area is 355 Å². The number of esters is 2. The van der Waals surface area contributed by atoms with Crippen molar-refractivity contribution >= 4 is 31.5 Å². The molecule has 0 spiro atoms. The van der Waals surface area contributed by atoms with Gasteiger partial charge < -0.3 is 25.2 Å². The molecular weight excluding hydrogens is 773 g/mol. The molecule has 3 atom stereocenters. The van der Waals surface area contributed by atoms with Crippen LogP contribution in [0.3, 0.4) is 0 Å². The third kappa shape index (κ3) is 40.0. The zero-order valence-corrected chi connectivity index (χ0v) is 37.2. The van der Waals surface area contributed by atoms with Crippen molar-refractivity contribution in [1.82, 2.24) is 0 Å². The molecule has 0 aromatic heterocycles. The summed E-state index contributed by atoms with van der Waals surface area (Å²) in [6.07, 6.45) is 42.7. The van der Waals surface area contributed by atoms with Crippen LogP contribution in [0.4, 0.5) is 0 Å². The first kappa shape index (κ1) is 55.9. The summed E-state index contributed by atoms with van der Waals surface area (Å²) in [4.78, 5) is 57.7. The van der Waals surface area contributed by atoms with Gasteiger partial charge in [-0.25, -0.2) is 4.57 Å². The molecule has 0 fully saturated rings. The van der Waals surface area contributed by atoms with Gasteiger partial charge in [0, 0.05) is 19.3 Å². The van der Waals surface area contributed by atoms with Crippen molar-refractivity contribution in [2.24, 2.45) is 5.73 Å². The van der Waals surface area contributed by atoms with Gasteiger partial charge in [-0.05, 0) is 70.3 Å². The lowest BCUT2D eigenvalue weighted by Crippen LogP contribution is -2.34. The molecule has 0 aromatic rings. The van der Waals surface area contributed by atoms with E-state index in [1.807, 2.05) is 36.5 Å². The van der Waals surface area contributed by atoms with Gasteiger partial charge in [0.25, 0.3) is 0 Å². The molecule has 0 saturated heterocycles. The first-order valence-corrected chi connectivity index (χ1v) is 23.8. The third-order valence-corrected chi connectivity index (χ3v) is 10.2. The Morgan fingerprint density at radius 1 is 0.576 bits per heavy atom. The number of aliphatic carboxylic acids is 1. The van der Waals surface area contributed by atoms with Gasteiger partial charge in [-0.2, -0.15) is 0 Å². The van der Waals surface area contributed by atoms with Crippen molar-refractivity contribution in [3.8, 4) is 0 Å². The molecule has 0 aliphatic heterocycles. The quantitative estimate of drug-likeness (QED) is 0.0132. The summed E-state index contributed by atoms with van der Waals surface area (Å²) in [7, 11) is -4.75. The normalized spacial score (nSPS) is 14.2. The first-order chi connectivity index (χ1) is 28.5. The largest absolute Gasteiger partial charge is 0.480 e. The van der Waals surface area contributed by atoms with Crippen LogP contribution in [-0.2, 0) is 42.3 Å². The SMILES string of the molecule is CCCCCCCC/C=C\CCCCCCCCCC(=O)O[C@H](COC(=O)CCC/C=C\C/C=C\C/C=C\C=C\C(=O)CCCCC)COP(=O)(O)OC[C@H](N)C(=O)O. The van der Waals surface area contributed by atoms with Crippen LogP contribution in [0.25, 0.3) is 0 Å². The molecule has 338 valence electrons. The van der Waals surface area contributed by atoms with E-state index in [-0.39, 0.29) is 18.6 Å². The minimum absolute atomic E-state index is 0.117. The van der Waals surface area contributed by atoms with Gasteiger partial charge >= 0.3 is 25.7 Å². The van der Waals surface area contributed by atoms with E-state index in [4.69, 9.17) is 24.8 Å². The fourth-order valence-corrected chi connectivity index (χ4v) is 6.43. The number of carbonyl (C=O) groups excluding carboxylic acids is 3. The fourth-order valence-electron chi connectivity index (χ4n) is 5.65. The monoisotopic (exact) mass is 852 g/mol. The Morgan fingerprint density at radius 3 is 1.71 bits per heavy atom. The molecule has 0 saturated carbocycles. The average molecular weight is 852 g/mol. The van der Waals surface area contributed by atoms with Crippen LogP contribution >= 0.6 is 7.82 Å². The molecule has 0 radical (unpaired) electrons. The summed E-state index contributed by atoms with van der Waals surface area (Å²) in [6, 6.07) is -1.54. The highest BCUT2D eigenvalue weighted by atomic mass is 31.2. The molecule has 0 heterocycles. The maximum absolute atomic E-state index is 12.6. The number of hydrogen-bond donors (Lipinski definition) is 3. The second-order valence-corrected chi connectivity index (χ2v) is 16.3. The Hall–Kier alpha value is -3.15. The zero-order valence-electron chi connectivity index (χ0n) is 36.3. The number of nitrogens with two attached hydrogens (primary N) is 1. The van der Waals surface area contributed by atoms with E-state index >= 15 is 0 Å². The second kappa shape index (κ2) is 40.3. The zero-order chi connectivity index (χ0) is 43.7. The highest BCUT2D eigenvalue weighted by Crippen LogP contribution is 2.43. The van der Waals surface area contributed by atoms with Crippen LogP contribution in [0.2, 0.25) is 0 Å². The molecule has 0 aliphatic carbocycles. The summed E-state index contributed by atoms with van der Waals surface area (Å²) in [5.74, 6) is -2.35. The molecular formula is C46H78NO11P. The van der Waals surface area contributed by atoms with Gasteiger partial charge in [0.15, 0.2) is 11.9 Å². The van der Waals surface area contributed by atoms with Gasteiger partial charge in [0.2, 0.25) is 0 Å². The van der Waals surface area contributed by atoms with Gasteiger partial charge in [-0.1, -0.05) is 146 Å². The van der Waals surface area contributed by atoms with E-state index in [0.717, 1.165) is 64.2 Å². The Kier molecular flexibility index (Phi) is 38.1. The maximum atomic E-state index is 12.6. The van der Waals surface area contributed by atoms with Crippen LogP contribution in [0.5, 0.6) is 0 Å². The summed E-state index contributed by atoms with van der Waals surface area (Å²) >= 11 is 0. The lowest BCUT2D eigenvalue weighted by atomic mass is 10.1. The maximum Gasteiger partial charge on any atom is 0.472 e. The van der Waals surface area contributed by atoms with Crippen LogP contribution < -0.4 is 5.73 Å². The molecule has 0 bridgehead atoms. The molecule has 0 aromatic carbocycles. The van der Waals surface area contributed by atoms with Crippen molar-refractivity contribution in [2.45, 2.75) is 187 Å². The Morgan fingerprint density at radius 2 is 1.07 bits per heavy atom. The lowest BCUT2D eigenvalue weighted by molar-refractivity contribution is -0.161. The number of ether oxygens (including phenoxy) is 2. The van der Waals surface area contributed by atoms with Crippen molar-refractivity contribution in [1.29, 1.82) is 0 Å². The number of hydrogen-bond acceptors (Lipinski definition) is 10. The fraction of sp³-hybridized carbons (Fsp3) is 0.696. The van der Waals surface area contributed by atoms with Crippen LogP contribution in [-0.4, -0.2) is 65.7 Å². The number of carboxylic acid groups (broad SMARTS) is 1. The smallest absolute Gasteiger partial charge is 0.472 e. The number of phosphoric acid groups is 1. The van der Waals surface area contributed by atoms with Crippen molar-refractivity contribution in [3.63, 3.8) is 0 Å². The van der Waals surface area contributed by atoms with Gasteiger partial charge in [-0.3, -0.25) is 28.2 Å². The van der Waals surface area contributed by atoms with E-state index in [1.165, 1.54) is 57.8 Å². The van der Waals surface area contributed by atoms with Crippen LogP contribution in [0.1, 0.15) is 174 Å². The topological polar surface area (TPSA) is 189 Å². The average Bonchev–Trinajstić information content (AvgIpc) is 3.20. The summed E-state index contributed by atoms with van der Waals surface area (Å²) in [5.41, 5.74) is 5.33. The van der Waals surface area contributed by atoms with Gasteiger partial charge in [-0.15, -0.1) is 0 Å². The second-order valence-electron chi connectivity index (χ2n) is 14.9. The minimum atomic E-state index is -4.75. The predicted octanol–water partition coefficient (Wildman–Crippen LogP) is 11.1. The number of ketones is 1. The molecule has 0 aliphatic rings. The van der Waals surface area contributed by atoms with E-state index in [2.05, 4.69) is 30.5 Å². The number of carbonyl (C=O) groups is 4. The number of phosphoric ester groups is 1. The number of rotatable bonds is 41. The molecule has 1 unspecified atom stereocenters. The number of allylic oxidation sites excluding steroid dienone is 10. The summed E-state index contributed by atoms with van der Waals surface area (Å²) in [5, 5.41) is 8.89. The van der Waals surface area contributed by atoms with E-state index < -0.39 is 57.7 Å². The van der Waals surface area contributed by atoms with E-state index in [9.17, 15) is 28.6 Å². The van der Waals surface area contributed by atoms with Gasteiger partial charge in [0.1, 0.15) is 12.6 Å². The van der Waals surface area contributed by atoms with Gasteiger partial charge in [0.05, 0.1) is 13.2 Å². The Balaban J connectivity index is 4.49. The minimum Gasteiger partial charge on any atom is -0.480 e. The molecule has 59 heavy (non-hydrogen) atoms. The van der Waals surface area contributed by atoms with E-state index in [0.29, 0.717) is 25.7 Å². The molecule has 12 nitrogen and oxygen atoms in total. The highest BCUT2D eigenvalue weighted by Gasteiger charge is 2.28. The van der Waals surface area contributed by atoms with Crippen molar-refractivity contribution < 1.29 is 52.3 Å².